The van der Waals surface area contributed by atoms with Gasteiger partial charge < -0.3 is 54.6 Å². The highest BCUT2D eigenvalue weighted by molar-refractivity contribution is 5.72. The van der Waals surface area contributed by atoms with Crippen LogP contribution in [0.1, 0.15) is 75.8 Å². The third kappa shape index (κ3) is 14.6. The molecule has 0 saturated carbocycles. The molecule has 0 amide bonds. The van der Waals surface area contributed by atoms with Crippen molar-refractivity contribution in [1.29, 1.82) is 5.26 Å². The van der Waals surface area contributed by atoms with Gasteiger partial charge in [0.25, 0.3) is 0 Å². The molecule has 2 aromatic heterocycles. The van der Waals surface area contributed by atoms with E-state index in [0.29, 0.717) is 79.1 Å². The first-order chi connectivity index (χ1) is 34.0. The molecule has 6 rings (SSSR count). The number of aromatic nitrogens is 2. The van der Waals surface area contributed by atoms with Crippen molar-refractivity contribution in [1.82, 2.24) is 20.6 Å². The van der Waals surface area contributed by atoms with E-state index in [0.717, 1.165) is 61.3 Å². The Kier molecular flexibility index (Phi) is 19.2. The number of benzene rings is 4. The van der Waals surface area contributed by atoms with Gasteiger partial charge in [-0.3, -0.25) is 19.6 Å². The SMILES string of the molecule is CNc1cncc(COc2cc(OCc3cccc(-c4cccc(COc5cc(OC)c(CNCCCC(=O)O)c(OCc6cncc(C#N)c6)c5)c4C)c3C)cc(OC)c2CNCCCC(=O)O)c1. The van der Waals surface area contributed by atoms with E-state index in [1.165, 1.54) is 6.20 Å². The van der Waals surface area contributed by atoms with Crippen molar-refractivity contribution in [2.24, 2.45) is 0 Å². The number of pyridine rings is 2. The molecule has 5 N–H and O–H groups in total. The van der Waals surface area contributed by atoms with E-state index in [4.69, 9.17) is 38.6 Å². The van der Waals surface area contributed by atoms with Crippen molar-refractivity contribution in [2.75, 3.05) is 39.7 Å². The Morgan fingerprint density at radius 2 is 1.09 bits per heavy atom. The minimum absolute atomic E-state index is 0.0543. The Labute approximate surface area is 408 Å². The van der Waals surface area contributed by atoms with Gasteiger partial charge in [0.15, 0.2) is 0 Å². The fourth-order valence-corrected chi connectivity index (χ4v) is 7.72. The highest BCUT2D eigenvalue weighted by Gasteiger charge is 2.19. The maximum absolute atomic E-state index is 11.1. The van der Waals surface area contributed by atoms with Crippen molar-refractivity contribution in [3.63, 3.8) is 0 Å². The molecule has 6 aromatic rings. The molecule has 16 heteroatoms. The molecular weight excluding hydrogens is 893 g/mol. The average molecular weight is 953 g/mol. The summed E-state index contributed by atoms with van der Waals surface area (Å²) >= 11 is 0. The van der Waals surface area contributed by atoms with E-state index in [1.807, 2.05) is 61.6 Å². The fraction of sp³-hybridized carbons (Fsp3) is 0.315. The molecule has 0 fully saturated rings. The van der Waals surface area contributed by atoms with Gasteiger partial charge in [0, 0.05) is 93.2 Å². The summed E-state index contributed by atoms with van der Waals surface area (Å²) in [7, 11) is 5.00. The van der Waals surface area contributed by atoms with Crippen LogP contribution in [0, 0.1) is 25.2 Å². The van der Waals surface area contributed by atoms with E-state index in [9.17, 15) is 14.9 Å². The van der Waals surface area contributed by atoms with Crippen molar-refractivity contribution >= 4 is 17.6 Å². The Bertz CT molecular complexity index is 2780. The quantitative estimate of drug-likeness (QED) is 0.0290. The van der Waals surface area contributed by atoms with Gasteiger partial charge in [-0.2, -0.15) is 5.26 Å². The predicted octanol–water partition coefficient (Wildman–Crippen LogP) is 8.92. The van der Waals surface area contributed by atoms with E-state index in [-0.39, 0.29) is 39.3 Å². The first kappa shape index (κ1) is 51.5. The maximum atomic E-state index is 11.1. The fourth-order valence-electron chi connectivity index (χ4n) is 7.72. The van der Waals surface area contributed by atoms with E-state index in [2.05, 4.69) is 58.0 Å². The number of hydrogen-bond acceptors (Lipinski definition) is 14. The Morgan fingerprint density at radius 3 is 1.54 bits per heavy atom. The summed E-state index contributed by atoms with van der Waals surface area (Å²) < 4.78 is 37.3. The Balaban J connectivity index is 1.19. The van der Waals surface area contributed by atoms with E-state index >= 15 is 0 Å². The highest BCUT2D eigenvalue weighted by Crippen LogP contribution is 2.38. The smallest absolute Gasteiger partial charge is 0.303 e. The molecule has 0 unspecified atom stereocenters. The number of carbonyl (C=O) groups is 2. The highest BCUT2D eigenvalue weighted by atomic mass is 16.5. The number of nitriles is 1. The van der Waals surface area contributed by atoms with Crippen molar-refractivity contribution in [2.45, 2.75) is 79.0 Å². The molecule has 70 heavy (non-hydrogen) atoms. The van der Waals surface area contributed by atoms with Crippen LogP contribution in [-0.2, 0) is 49.1 Å². The number of aliphatic carboxylic acids is 2. The second kappa shape index (κ2) is 26.0. The maximum Gasteiger partial charge on any atom is 0.303 e. The number of rotatable bonds is 28. The number of carboxylic acid groups (broad SMARTS) is 2. The van der Waals surface area contributed by atoms with Gasteiger partial charge in [-0.1, -0.05) is 36.4 Å². The Hall–Kier alpha value is -7.87. The Morgan fingerprint density at radius 1 is 0.614 bits per heavy atom. The number of anilines is 1. The molecule has 4 aromatic carbocycles. The number of ether oxygens (including phenoxy) is 6. The number of carboxylic acids is 2. The average Bonchev–Trinajstić information content (AvgIpc) is 3.37. The molecule has 0 aliphatic rings. The van der Waals surface area contributed by atoms with Gasteiger partial charge in [0.2, 0.25) is 0 Å². The van der Waals surface area contributed by atoms with Gasteiger partial charge in [-0.25, -0.2) is 0 Å². The van der Waals surface area contributed by atoms with Crippen LogP contribution in [0.4, 0.5) is 5.69 Å². The lowest BCUT2D eigenvalue weighted by atomic mass is 9.92. The zero-order valence-electron chi connectivity index (χ0n) is 40.2. The standard InChI is InChI=1S/C54H60N6O10/c1-35-40(33-67-43-20-49(65-4)47(29-57-16-8-14-53(61)62)51(22-43)69-31-38-18-37(24-55)25-59-26-38)10-6-12-45(35)46-13-7-11-41(36(46)2)34-68-44-21-50(66-5)48(30-58-17-9-15-54(63)64)52(23-44)70-32-39-19-42(56-3)28-60-27-39/h6-7,10-13,18-23,25-28,56-58H,8-9,14-17,29-34H2,1-5H3,(H,61,62)(H,63,64). The molecule has 0 atom stereocenters. The summed E-state index contributed by atoms with van der Waals surface area (Å²) in [5.74, 6) is 1.57. The molecule has 0 saturated heterocycles. The largest absolute Gasteiger partial charge is 0.496 e. The predicted molar refractivity (Wildman–Crippen MR) is 265 cm³/mol. The lowest BCUT2D eigenvalue weighted by molar-refractivity contribution is -0.138. The number of methoxy groups -OCH3 is 2. The minimum Gasteiger partial charge on any atom is -0.496 e. The molecular formula is C54H60N6O10. The zero-order chi connectivity index (χ0) is 49.8. The van der Waals surface area contributed by atoms with Crippen LogP contribution in [-0.4, -0.2) is 66.5 Å². The minimum atomic E-state index is -0.852. The number of hydrogen-bond donors (Lipinski definition) is 5. The van der Waals surface area contributed by atoms with Crippen LogP contribution in [0.5, 0.6) is 34.5 Å². The van der Waals surface area contributed by atoms with Gasteiger partial charge in [-0.05, 0) is 85.3 Å². The topological polar surface area (TPSA) is 216 Å². The second-order valence-corrected chi connectivity index (χ2v) is 16.4. The summed E-state index contributed by atoms with van der Waals surface area (Å²) in [6.07, 6.45) is 7.69. The van der Waals surface area contributed by atoms with Crippen LogP contribution in [0.15, 0.2) is 97.6 Å². The van der Waals surface area contributed by atoms with Gasteiger partial charge >= 0.3 is 11.9 Å². The number of nitrogens with one attached hydrogen (secondary N) is 3. The summed E-state index contributed by atoms with van der Waals surface area (Å²) in [5.41, 5.74) is 10.6. The third-order valence-corrected chi connectivity index (χ3v) is 11.6. The summed E-state index contributed by atoms with van der Waals surface area (Å²) in [6.45, 7) is 6.81. The lowest BCUT2D eigenvalue weighted by Gasteiger charge is -2.20. The summed E-state index contributed by atoms with van der Waals surface area (Å²) in [6, 6.07) is 25.4. The van der Waals surface area contributed by atoms with Crippen molar-refractivity contribution in [3.05, 3.63) is 148 Å². The molecule has 16 nitrogen and oxygen atoms in total. The molecule has 0 bridgehead atoms. The van der Waals surface area contributed by atoms with Crippen molar-refractivity contribution in [3.8, 4) is 51.7 Å². The van der Waals surface area contributed by atoms with Crippen LogP contribution in [0.2, 0.25) is 0 Å². The van der Waals surface area contributed by atoms with E-state index in [1.54, 1.807) is 38.9 Å². The van der Waals surface area contributed by atoms with Gasteiger partial charge in [0.05, 0.1) is 36.6 Å². The molecule has 0 aliphatic heterocycles. The van der Waals surface area contributed by atoms with E-state index < -0.39 is 11.9 Å². The normalized spacial score (nSPS) is 10.8. The summed E-state index contributed by atoms with van der Waals surface area (Å²) in [4.78, 5) is 30.6. The first-order valence-electron chi connectivity index (χ1n) is 22.9. The second-order valence-electron chi connectivity index (χ2n) is 16.4. The summed E-state index contributed by atoms with van der Waals surface area (Å²) in [5, 5.41) is 37.3. The van der Waals surface area contributed by atoms with Crippen LogP contribution >= 0.6 is 0 Å². The van der Waals surface area contributed by atoms with Crippen LogP contribution in [0.3, 0.4) is 0 Å². The zero-order valence-corrected chi connectivity index (χ0v) is 40.2. The number of nitrogens with zero attached hydrogens (tertiary/aromatic N) is 3. The molecule has 2 heterocycles. The van der Waals surface area contributed by atoms with Crippen LogP contribution in [0.25, 0.3) is 11.1 Å². The van der Waals surface area contributed by atoms with Gasteiger partial charge in [0.1, 0.15) is 67.0 Å². The lowest BCUT2D eigenvalue weighted by Crippen LogP contribution is -2.17. The molecule has 366 valence electrons. The van der Waals surface area contributed by atoms with Gasteiger partial charge in [-0.15, -0.1) is 0 Å². The third-order valence-electron chi connectivity index (χ3n) is 11.6. The molecule has 0 radical (unpaired) electrons. The molecule has 0 aliphatic carbocycles. The monoisotopic (exact) mass is 952 g/mol. The first-order valence-corrected chi connectivity index (χ1v) is 22.9. The van der Waals surface area contributed by atoms with Crippen LogP contribution < -0.4 is 44.4 Å². The van der Waals surface area contributed by atoms with Crippen molar-refractivity contribution < 1.29 is 48.2 Å². The molecule has 0 spiro atoms.